The molecule has 3 aliphatic rings. The second-order valence-corrected chi connectivity index (χ2v) is 16.6. The van der Waals surface area contributed by atoms with Gasteiger partial charge in [0.25, 0.3) is 6.71 Å². The van der Waals surface area contributed by atoms with Crippen LogP contribution in [0.15, 0.2) is 103 Å². The lowest BCUT2D eigenvalue weighted by molar-refractivity contribution is 0.444. The fourth-order valence-corrected chi connectivity index (χ4v) is 8.50. The van der Waals surface area contributed by atoms with Crippen molar-refractivity contribution in [3.05, 3.63) is 125 Å². The Labute approximate surface area is 288 Å². The fraction of sp³-hybridized carbons (Fsp3) is 0.333. The Hall–Kier alpha value is -4.24. The maximum absolute atomic E-state index is 2.63. The van der Waals surface area contributed by atoms with Crippen LogP contribution in [0, 0.1) is 6.92 Å². The van der Waals surface area contributed by atoms with Crippen LogP contribution in [0.5, 0.6) is 0 Å². The first kappa shape index (κ1) is 31.1. The van der Waals surface area contributed by atoms with Crippen LogP contribution in [0.25, 0.3) is 0 Å². The molecule has 0 amide bonds. The Kier molecular flexibility index (Phi) is 7.40. The molecule has 2 aliphatic heterocycles. The van der Waals surface area contributed by atoms with E-state index in [-0.39, 0.29) is 17.5 Å². The molecule has 0 N–H and O–H groups in total. The van der Waals surface area contributed by atoms with Crippen molar-refractivity contribution >= 4 is 57.2 Å². The number of para-hydroxylation sites is 2. The Balaban J connectivity index is 1.48. The minimum atomic E-state index is 0.0256. The summed E-state index contributed by atoms with van der Waals surface area (Å²) < 4.78 is 0. The van der Waals surface area contributed by atoms with Gasteiger partial charge in [-0.15, -0.1) is 0 Å². The Bertz CT molecular complexity index is 1970. The van der Waals surface area contributed by atoms with Gasteiger partial charge in [0.1, 0.15) is 0 Å². The van der Waals surface area contributed by atoms with Gasteiger partial charge in [-0.25, -0.2) is 0 Å². The molecule has 2 heterocycles. The molecule has 3 heteroatoms. The summed E-state index contributed by atoms with van der Waals surface area (Å²) in [6.07, 6.45) is 6.53. The maximum atomic E-state index is 2.63. The van der Waals surface area contributed by atoms with Crippen molar-refractivity contribution in [1.82, 2.24) is 0 Å². The highest BCUT2D eigenvalue weighted by atomic mass is 15.2. The summed E-state index contributed by atoms with van der Waals surface area (Å²) in [7, 11) is 0. The molecule has 242 valence electrons. The molecule has 0 bridgehead atoms. The van der Waals surface area contributed by atoms with Crippen LogP contribution >= 0.6 is 0 Å². The van der Waals surface area contributed by atoms with Crippen molar-refractivity contribution in [3.8, 4) is 0 Å². The molecule has 0 spiro atoms. The van der Waals surface area contributed by atoms with Crippen molar-refractivity contribution < 1.29 is 0 Å². The summed E-state index contributed by atoms with van der Waals surface area (Å²) in [5.41, 5.74) is 17.6. The molecule has 1 fully saturated rings. The van der Waals surface area contributed by atoms with Gasteiger partial charge in [0.2, 0.25) is 0 Å². The molecule has 0 saturated heterocycles. The molecule has 48 heavy (non-hydrogen) atoms. The van der Waals surface area contributed by atoms with Gasteiger partial charge in [-0.2, -0.15) is 0 Å². The molecule has 8 rings (SSSR count). The minimum absolute atomic E-state index is 0.0256. The van der Waals surface area contributed by atoms with E-state index in [0.717, 1.165) is 0 Å². The fourth-order valence-electron chi connectivity index (χ4n) is 8.50. The van der Waals surface area contributed by atoms with Crippen LogP contribution in [0.4, 0.5) is 34.1 Å². The molecule has 0 radical (unpaired) electrons. The molecular formula is C45H49BN2. The summed E-state index contributed by atoms with van der Waals surface area (Å²) in [5.74, 6) is 0.584. The first-order valence-electron chi connectivity index (χ1n) is 18.2. The van der Waals surface area contributed by atoms with E-state index in [1.54, 1.807) is 0 Å². The first-order chi connectivity index (χ1) is 23.0. The Morgan fingerprint density at radius 2 is 1.12 bits per heavy atom. The van der Waals surface area contributed by atoms with Gasteiger partial charge in [-0.1, -0.05) is 121 Å². The third kappa shape index (κ3) is 5.18. The SMILES string of the molecule is Cc1ccc2c(c1)B1c3ccccc3N(c3cc(C(C)(C)C)cc(C(C)(C)C)c3)c3cc(C4CCCCC4)cc(c31)N2c1ccccc1. The van der Waals surface area contributed by atoms with E-state index >= 15 is 0 Å². The Morgan fingerprint density at radius 3 is 1.77 bits per heavy atom. The average molecular weight is 629 g/mol. The topological polar surface area (TPSA) is 6.48 Å². The van der Waals surface area contributed by atoms with Crippen LogP contribution in [-0.4, -0.2) is 6.71 Å². The summed E-state index contributed by atoms with van der Waals surface area (Å²) >= 11 is 0. The number of anilines is 6. The number of fused-ring (bicyclic) bond motifs is 4. The van der Waals surface area contributed by atoms with E-state index in [1.165, 1.54) is 105 Å². The summed E-state index contributed by atoms with van der Waals surface area (Å²) in [6.45, 7) is 16.5. The lowest BCUT2D eigenvalue weighted by Gasteiger charge is -2.45. The summed E-state index contributed by atoms with van der Waals surface area (Å²) in [6, 6.07) is 40.0. The predicted octanol–water partition coefficient (Wildman–Crippen LogP) is 10.7. The smallest absolute Gasteiger partial charge is 0.252 e. The quantitative estimate of drug-likeness (QED) is 0.180. The van der Waals surface area contributed by atoms with Gasteiger partial charge < -0.3 is 9.80 Å². The van der Waals surface area contributed by atoms with Gasteiger partial charge in [-0.3, -0.25) is 0 Å². The van der Waals surface area contributed by atoms with Crippen LogP contribution in [0.3, 0.4) is 0 Å². The standard InChI is InChI=1S/C45H49BN2/c1-30-22-23-40-38(24-30)46-37-20-14-15-21-39(37)48(36-28-33(44(2,3)4)27-34(29-36)45(5,6)7)42-26-32(31-16-10-8-11-17-31)25-41(43(42)46)47(40)35-18-12-9-13-19-35/h9,12-15,18-29,31H,8,10-11,16-17H2,1-7H3. The highest BCUT2D eigenvalue weighted by molar-refractivity contribution is 7.00. The second kappa shape index (κ2) is 11.4. The average Bonchev–Trinajstić information content (AvgIpc) is 3.08. The zero-order chi connectivity index (χ0) is 33.4. The van der Waals surface area contributed by atoms with Crippen molar-refractivity contribution in [3.63, 3.8) is 0 Å². The molecule has 0 atom stereocenters. The third-order valence-electron chi connectivity index (χ3n) is 11.2. The number of rotatable bonds is 3. The van der Waals surface area contributed by atoms with E-state index < -0.39 is 0 Å². The number of hydrogen-bond donors (Lipinski definition) is 0. The van der Waals surface area contributed by atoms with Gasteiger partial charge in [0.05, 0.1) is 0 Å². The molecule has 2 nitrogen and oxygen atoms in total. The highest BCUT2D eigenvalue weighted by Crippen LogP contribution is 2.47. The second-order valence-electron chi connectivity index (χ2n) is 16.6. The molecule has 0 aromatic heterocycles. The van der Waals surface area contributed by atoms with E-state index in [0.29, 0.717) is 5.92 Å². The lowest BCUT2D eigenvalue weighted by Crippen LogP contribution is -2.61. The van der Waals surface area contributed by atoms with E-state index in [1.807, 2.05) is 0 Å². The number of benzene rings is 5. The number of hydrogen-bond acceptors (Lipinski definition) is 2. The summed E-state index contributed by atoms with van der Waals surface area (Å²) in [4.78, 5) is 5.19. The van der Waals surface area contributed by atoms with Crippen LogP contribution in [-0.2, 0) is 10.8 Å². The van der Waals surface area contributed by atoms with Gasteiger partial charge >= 0.3 is 0 Å². The van der Waals surface area contributed by atoms with Crippen molar-refractivity contribution in [2.24, 2.45) is 0 Å². The predicted molar refractivity (Wildman–Crippen MR) is 208 cm³/mol. The summed E-state index contributed by atoms with van der Waals surface area (Å²) in [5, 5.41) is 0. The van der Waals surface area contributed by atoms with Crippen molar-refractivity contribution in [2.75, 3.05) is 9.80 Å². The van der Waals surface area contributed by atoms with Gasteiger partial charge in [0.15, 0.2) is 0 Å². The zero-order valence-corrected chi connectivity index (χ0v) is 29.9. The van der Waals surface area contributed by atoms with Gasteiger partial charge in [-0.05, 0) is 118 Å². The third-order valence-corrected chi connectivity index (χ3v) is 11.2. The van der Waals surface area contributed by atoms with Crippen molar-refractivity contribution in [2.45, 2.75) is 97.3 Å². The van der Waals surface area contributed by atoms with Crippen LogP contribution in [0.1, 0.15) is 102 Å². The minimum Gasteiger partial charge on any atom is -0.311 e. The molecule has 0 unspecified atom stereocenters. The first-order valence-corrected chi connectivity index (χ1v) is 18.2. The van der Waals surface area contributed by atoms with E-state index in [4.69, 9.17) is 0 Å². The van der Waals surface area contributed by atoms with Crippen molar-refractivity contribution in [1.29, 1.82) is 0 Å². The zero-order valence-electron chi connectivity index (χ0n) is 29.9. The highest BCUT2D eigenvalue weighted by Gasteiger charge is 2.44. The largest absolute Gasteiger partial charge is 0.311 e. The molecule has 1 saturated carbocycles. The molecular weight excluding hydrogens is 579 g/mol. The van der Waals surface area contributed by atoms with Gasteiger partial charge in [0, 0.05) is 34.1 Å². The monoisotopic (exact) mass is 628 g/mol. The lowest BCUT2D eigenvalue weighted by atomic mass is 9.33. The maximum Gasteiger partial charge on any atom is 0.252 e. The normalized spacial score (nSPS) is 16.0. The molecule has 1 aliphatic carbocycles. The van der Waals surface area contributed by atoms with Crippen LogP contribution in [0.2, 0.25) is 0 Å². The van der Waals surface area contributed by atoms with Crippen LogP contribution < -0.4 is 26.2 Å². The van der Waals surface area contributed by atoms with E-state index in [2.05, 4.69) is 161 Å². The Morgan fingerprint density at radius 1 is 0.542 bits per heavy atom. The molecule has 5 aromatic rings. The molecule has 5 aromatic carbocycles. The van der Waals surface area contributed by atoms with E-state index in [9.17, 15) is 0 Å². The number of aryl methyl sites for hydroxylation is 1. The number of nitrogens with zero attached hydrogens (tertiary/aromatic N) is 2.